The molecule has 0 aromatic heterocycles. The number of aliphatic carboxylic acids is 1. The van der Waals surface area contributed by atoms with Crippen LogP contribution in [0.2, 0.25) is 0 Å². The minimum Gasteiger partial charge on any atom is -0.508 e. The van der Waals surface area contributed by atoms with Crippen molar-refractivity contribution in [3.8, 4) is 5.75 Å². The van der Waals surface area contributed by atoms with E-state index in [1.54, 1.807) is 18.2 Å². The molecule has 0 radical (unpaired) electrons. The number of aromatic hydroxyl groups is 1. The summed E-state index contributed by atoms with van der Waals surface area (Å²) in [6.07, 6.45) is -0.0512. The maximum absolute atomic E-state index is 12.1. The van der Waals surface area contributed by atoms with E-state index in [1.165, 1.54) is 24.3 Å². The number of aryl methyl sites for hydroxylation is 1. The first-order valence-electron chi connectivity index (χ1n) is 7.12. The molecule has 4 N–H and O–H groups in total. The smallest absolute Gasteiger partial charge is 0.322 e. The molecule has 0 aliphatic rings. The summed E-state index contributed by atoms with van der Waals surface area (Å²) in [5, 5.41) is 18.5. The van der Waals surface area contributed by atoms with Crippen LogP contribution < -0.4 is 9.44 Å². The average molecular weight is 350 g/mol. The maximum Gasteiger partial charge on any atom is 0.322 e. The summed E-state index contributed by atoms with van der Waals surface area (Å²) in [5.74, 6) is -1.25. The van der Waals surface area contributed by atoms with Gasteiger partial charge in [-0.1, -0.05) is 24.3 Å². The second kappa shape index (κ2) is 7.33. The molecule has 128 valence electrons. The van der Waals surface area contributed by atoms with Gasteiger partial charge in [-0.2, -0.15) is 13.1 Å². The van der Waals surface area contributed by atoms with Crippen molar-refractivity contribution in [2.24, 2.45) is 0 Å². The summed E-state index contributed by atoms with van der Waals surface area (Å²) in [6, 6.07) is 11.3. The van der Waals surface area contributed by atoms with Gasteiger partial charge in [-0.05, 0) is 48.7 Å². The molecular formula is C16H18N2O5S. The fraction of sp³-hybridized carbons (Fsp3) is 0.188. The lowest BCUT2D eigenvalue weighted by molar-refractivity contribution is -0.138. The topological polar surface area (TPSA) is 116 Å². The van der Waals surface area contributed by atoms with Crippen LogP contribution in [-0.2, 0) is 21.4 Å². The fourth-order valence-electron chi connectivity index (χ4n) is 2.13. The van der Waals surface area contributed by atoms with Crippen molar-refractivity contribution in [2.75, 3.05) is 4.72 Å². The number of carbonyl (C=O) groups is 1. The number of anilines is 1. The SMILES string of the molecule is Cc1cccc(NS(=O)(=O)N[C@@H](Cc2ccc(O)cc2)C(=O)O)c1. The van der Waals surface area contributed by atoms with Gasteiger partial charge < -0.3 is 10.2 Å². The maximum atomic E-state index is 12.1. The highest BCUT2D eigenvalue weighted by Gasteiger charge is 2.24. The number of rotatable bonds is 7. The molecule has 2 aromatic rings. The molecule has 2 rings (SSSR count). The first kappa shape index (κ1) is 17.8. The minimum atomic E-state index is -4.05. The third kappa shape index (κ3) is 5.25. The quantitative estimate of drug-likeness (QED) is 0.606. The van der Waals surface area contributed by atoms with E-state index >= 15 is 0 Å². The molecule has 0 heterocycles. The predicted octanol–water partition coefficient (Wildman–Crippen LogP) is 1.64. The summed E-state index contributed by atoms with van der Waals surface area (Å²) in [4.78, 5) is 11.4. The van der Waals surface area contributed by atoms with Crippen LogP contribution in [0.3, 0.4) is 0 Å². The second-order valence-corrected chi connectivity index (χ2v) is 6.80. The van der Waals surface area contributed by atoms with E-state index in [0.717, 1.165) is 5.56 Å². The van der Waals surface area contributed by atoms with Gasteiger partial charge in [0.25, 0.3) is 10.2 Å². The number of carboxylic acids is 1. The lowest BCUT2D eigenvalue weighted by atomic mass is 10.1. The zero-order valence-electron chi connectivity index (χ0n) is 12.9. The van der Waals surface area contributed by atoms with Crippen LogP contribution in [0.15, 0.2) is 48.5 Å². The molecule has 0 aliphatic heterocycles. The summed E-state index contributed by atoms with van der Waals surface area (Å²) in [7, 11) is -4.05. The molecule has 24 heavy (non-hydrogen) atoms. The number of phenolic OH excluding ortho intramolecular Hbond substituents is 1. The van der Waals surface area contributed by atoms with E-state index in [4.69, 9.17) is 0 Å². The van der Waals surface area contributed by atoms with Crippen molar-refractivity contribution in [2.45, 2.75) is 19.4 Å². The molecule has 0 spiro atoms. The normalized spacial score (nSPS) is 12.5. The molecule has 0 bridgehead atoms. The van der Waals surface area contributed by atoms with E-state index in [2.05, 4.69) is 9.44 Å². The highest BCUT2D eigenvalue weighted by atomic mass is 32.2. The third-order valence-corrected chi connectivity index (χ3v) is 4.34. The van der Waals surface area contributed by atoms with Gasteiger partial charge in [0.15, 0.2) is 0 Å². The van der Waals surface area contributed by atoms with Crippen molar-refractivity contribution < 1.29 is 23.4 Å². The largest absolute Gasteiger partial charge is 0.508 e. The summed E-state index contributed by atoms with van der Waals surface area (Å²) >= 11 is 0. The monoisotopic (exact) mass is 350 g/mol. The van der Waals surface area contributed by atoms with E-state index in [-0.39, 0.29) is 12.2 Å². The summed E-state index contributed by atoms with van der Waals surface area (Å²) in [6.45, 7) is 1.82. The predicted molar refractivity (Wildman–Crippen MR) is 90.1 cm³/mol. The van der Waals surface area contributed by atoms with Gasteiger partial charge in [-0.25, -0.2) is 0 Å². The Hall–Kier alpha value is -2.58. The van der Waals surface area contributed by atoms with Crippen LogP contribution in [0.25, 0.3) is 0 Å². The van der Waals surface area contributed by atoms with Crippen LogP contribution in [0.5, 0.6) is 5.75 Å². The van der Waals surface area contributed by atoms with E-state index in [1.807, 2.05) is 13.0 Å². The molecule has 0 aliphatic carbocycles. The fourth-order valence-corrected chi connectivity index (χ4v) is 3.18. The zero-order valence-corrected chi connectivity index (χ0v) is 13.7. The van der Waals surface area contributed by atoms with Gasteiger partial charge in [-0.3, -0.25) is 9.52 Å². The molecule has 0 amide bonds. The van der Waals surface area contributed by atoms with Crippen LogP contribution in [0.4, 0.5) is 5.69 Å². The molecule has 0 fully saturated rings. The molecule has 2 aromatic carbocycles. The standard InChI is InChI=1S/C16H18N2O5S/c1-11-3-2-4-13(9-11)17-24(22,23)18-15(16(20)21)10-12-5-7-14(19)8-6-12/h2-9,15,17-19H,10H2,1H3,(H,20,21)/t15-/m0/s1. The van der Waals surface area contributed by atoms with Gasteiger partial charge in [0.2, 0.25) is 0 Å². The number of benzene rings is 2. The lowest BCUT2D eigenvalue weighted by Crippen LogP contribution is -2.44. The van der Waals surface area contributed by atoms with Crippen LogP contribution >= 0.6 is 0 Å². The molecule has 0 saturated heterocycles. The van der Waals surface area contributed by atoms with Crippen LogP contribution in [-0.4, -0.2) is 30.6 Å². The number of carboxylic acid groups (broad SMARTS) is 1. The summed E-state index contributed by atoms with van der Waals surface area (Å²) in [5.41, 5.74) is 1.80. The van der Waals surface area contributed by atoms with Crippen molar-refractivity contribution in [1.82, 2.24) is 4.72 Å². The van der Waals surface area contributed by atoms with Crippen molar-refractivity contribution in [3.05, 3.63) is 59.7 Å². The number of hydrogen-bond acceptors (Lipinski definition) is 4. The molecular weight excluding hydrogens is 332 g/mol. The number of phenols is 1. The van der Waals surface area contributed by atoms with Crippen molar-refractivity contribution in [1.29, 1.82) is 0 Å². The van der Waals surface area contributed by atoms with Gasteiger partial charge in [0, 0.05) is 5.69 Å². The minimum absolute atomic E-state index is 0.0484. The Kier molecular flexibility index (Phi) is 5.42. The lowest BCUT2D eigenvalue weighted by Gasteiger charge is -2.16. The Bertz CT molecular complexity index is 819. The number of nitrogens with one attached hydrogen (secondary N) is 2. The van der Waals surface area contributed by atoms with Gasteiger partial charge in [0.05, 0.1) is 0 Å². The van der Waals surface area contributed by atoms with E-state index in [0.29, 0.717) is 11.3 Å². The Labute approximate surface area is 140 Å². The molecule has 0 saturated carbocycles. The molecule has 7 nitrogen and oxygen atoms in total. The van der Waals surface area contributed by atoms with E-state index in [9.17, 15) is 23.4 Å². The Morgan fingerprint density at radius 1 is 1.17 bits per heavy atom. The van der Waals surface area contributed by atoms with Crippen LogP contribution in [0.1, 0.15) is 11.1 Å². The Balaban J connectivity index is 2.11. The van der Waals surface area contributed by atoms with Crippen molar-refractivity contribution >= 4 is 21.9 Å². The molecule has 0 unspecified atom stereocenters. The Morgan fingerprint density at radius 2 is 1.83 bits per heavy atom. The van der Waals surface area contributed by atoms with Crippen molar-refractivity contribution in [3.63, 3.8) is 0 Å². The first-order valence-corrected chi connectivity index (χ1v) is 8.61. The summed E-state index contributed by atoms with van der Waals surface area (Å²) < 4.78 is 28.7. The zero-order chi connectivity index (χ0) is 17.7. The van der Waals surface area contributed by atoms with Gasteiger partial charge in [0.1, 0.15) is 11.8 Å². The Morgan fingerprint density at radius 3 is 2.42 bits per heavy atom. The highest BCUT2D eigenvalue weighted by molar-refractivity contribution is 7.90. The van der Waals surface area contributed by atoms with Gasteiger partial charge >= 0.3 is 5.97 Å². The third-order valence-electron chi connectivity index (χ3n) is 3.24. The average Bonchev–Trinajstić information content (AvgIpc) is 2.48. The first-order chi connectivity index (χ1) is 11.2. The van der Waals surface area contributed by atoms with Crippen LogP contribution in [0, 0.1) is 6.92 Å². The molecule has 8 heteroatoms. The molecule has 1 atom stereocenters. The second-order valence-electron chi connectivity index (χ2n) is 5.35. The number of hydrogen-bond donors (Lipinski definition) is 4. The highest BCUT2D eigenvalue weighted by Crippen LogP contribution is 2.13. The van der Waals surface area contributed by atoms with E-state index < -0.39 is 22.2 Å². The van der Waals surface area contributed by atoms with Gasteiger partial charge in [-0.15, -0.1) is 0 Å².